The number of phenols is 3. The van der Waals surface area contributed by atoms with Crippen molar-refractivity contribution in [2.24, 2.45) is 0 Å². The quantitative estimate of drug-likeness (QED) is 0.493. The first-order valence-corrected chi connectivity index (χ1v) is 7.90. The normalized spacial score (nSPS) is 12.6. The molecule has 0 bridgehead atoms. The van der Waals surface area contributed by atoms with Gasteiger partial charge in [-0.15, -0.1) is 0 Å². The number of hydrogen-bond donors (Lipinski definition) is 3. The molecule has 0 spiro atoms. The molecule has 0 amide bonds. The van der Waals surface area contributed by atoms with Crippen molar-refractivity contribution in [1.29, 1.82) is 0 Å². The molecule has 128 valence electrons. The number of pyridine rings is 1. The molecule has 25 heavy (non-hydrogen) atoms. The summed E-state index contributed by atoms with van der Waals surface area (Å²) in [6.07, 6.45) is 2.65. The lowest BCUT2D eigenvalue weighted by Crippen LogP contribution is -2.40. The second-order valence-corrected chi connectivity index (χ2v) is 6.03. The Morgan fingerprint density at radius 2 is 1.72 bits per heavy atom. The molecule has 0 aliphatic carbocycles. The summed E-state index contributed by atoms with van der Waals surface area (Å²) in [5, 5.41) is 32.0. The van der Waals surface area contributed by atoms with Gasteiger partial charge in [-0.05, 0) is 17.7 Å². The van der Waals surface area contributed by atoms with Gasteiger partial charge < -0.3 is 24.8 Å². The van der Waals surface area contributed by atoms with Crippen molar-refractivity contribution in [3.05, 3.63) is 36.0 Å². The first kappa shape index (κ1) is 15.4. The van der Waals surface area contributed by atoms with Crippen molar-refractivity contribution in [2.75, 3.05) is 14.2 Å². The fourth-order valence-electron chi connectivity index (χ4n) is 3.53. The molecular weight excluding hydrogens is 322 g/mol. The van der Waals surface area contributed by atoms with Crippen molar-refractivity contribution in [3.63, 3.8) is 0 Å². The molecule has 0 unspecified atom stereocenters. The smallest absolute Gasteiger partial charge is 0.217 e. The summed E-state index contributed by atoms with van der Waals surface area (Å²) in [4.78, 5) is 0. The van der Waals surface area contributed by atoms with E-state index in [1.807, 2.05) is 22.9 Å². The Morgan fingerprint density at radius 3 is 2.44 bits per heavy atom. The van der Waals surface area contributed by atoms with E-state index in [1.165, 1.54) is 20.3 Å². The minimum absolute atomic E-state index is 0.0204. The number of ether oxygens (including phenoxy) is 2. The highest BCUT2D eigenvalue weighted by Crippen LogP contribution is 2.45. The Morgan fingerprint density at radius 1 is 0.960 bits per heavy atom. The van der Waals surface area contributed by atoms with E-state index in [9.17, 15) is 15.3 Å². The SMILES string of the molecule is COc1c(O)cc2cc3[n+](cc2c1OC)CCc1ccc(O)c(O)c1-3. The summed E-state index contributed by atoms with van der Waals surface area (Å²) in [6.45, 7) is 0.731. The minimum Gasteiger partial charge on any atom is -0.504 e. The van der Waals surface area contributed by atoms with Crippen LogP contribution in [0.5, 0.6) is 28.7 Å². The van der Waals surface area contributed by atoms with Gasteiger partial charge in [0.15, 0.2) is 35.7 Å². The van der Waals surface area contributed by atoms with Gasteiger partial charge in [-0.25, -0.2) is 0 Å². The van der Waals surface area contributed by atoms with Crippen LogP contribution in [0.3, 0.4) is 0 Å². The largest absolute Gasteiger partial charge is 0.504 e. The van der Waals surface area contributed by atoms with Crippen molar-refractivity contribution >= 4 is 10.8 Å². The maximum absolute atomic E-state index is 10.3. The molecule has 3 N–H and O–H groups in total. The molecule has 0 fully saturated rings. The Hall–Kier alpha value is -3.15. The third kappa shape index (κ3) is 2.14. The summed E-state index contributed by atoms with van der Waals surface area (Å²) in [6, 6.07) is 6.80. The first-order chi connectivity index (χ1) is 12.0. The number of fused-ring (bicyclic) bond motifs is 4. The molecule has 0 atom stereocenters. The lowest BCUT2D eigenvalue weighted by Gasteiger charge is -2.18. The van der Waals surface area contributed by atoms with Crippen LogP contribution in [-0.2, 0) is 13.0 Å². The minimum atomic E-state index is -0.151. The summed E-state index contributed by atoms with van der Waals surface area (Å²) >= 11 is 0. The lowest BCUT2D eigenvalue weighted by molar-refractivity contribution is -0.686. The fourth-order valence-corrected chi connectivity index (χ4v) is 3.53. The summed E-state index contributed by atoms with van der Waals surface area (Å²) in [5.41, 5.74) is 2.36. The van der Waals surface area contributed by atoms with E-state index in [0.29, 0.717) is 11.3 Å². The number of hydrogen-bond acceptors (Lipinski definition) is 5. The highest BCUT2D eigenvalue weighted by atomic mass is 16.5. The van der Waals surface area contributed by atoms with E-state index in [0.717, 1.165) is 35.0 Å². The van der Waals surface area contributed by atoms with Crippen molar-refractivity contribution < 1.29 is 29.4 Å². The van der Waals surface area contributed by atoms with E-state index in [2.05, 4.69) is 0 Å². The molecule has 4 rings (SSSR count). The monoisotopic (exact) mass is 340 g/mol. The molecule has 0 saturated carbocycles. The number of phenolic OH excluding ortho intramolecular Hbond substituents is 3. The van der Waals surface area contributed by atoms with Crippen LogP contribution in [0.1, 0.15) is 5.56 Å². The number of rotatable bonds is 2. The van der Waals surface area contributed by atoms with E-state index < -0.39 is 0 Å². The Balaban J connectivity index is 2.06. The first-order valence-electron chi connectivity index (χ1n) is 7.90. The molecule has 0 radical (unpaired) electrons. The van der Waals surface area contributed by atoms with Gasteiger partial charge in [0, 0.05) is 17.9 Å². The van der Waals surface area contributed by atoms with Crippen LogP contribution < -0.4 is 14.0 Å². The molecular formula is C19H18NO5+. The second-order valence-electron chi connectivity index (χ2n) is 6.03. The molecule has 3 aromatic rings. The average molecular weight is 340 g/mol. The molecule has 2 heterocycles. The highest BCUT2D eigenvalue weighted by molar-refractivity contribution is 5.94. The van der Waals surface area contributed by atoms with E-state index >= 15 is 0 Å². The number of methoxy groups -OCH3 is 2. The molecule has 0 saturated heterocycles. The number of aryl methyl sites for hydroxylation is 2. The second kappa shape index (κ2) is 5.44. The van der Waals surface area contributed by atoms with Gasteiger partial charge in [-0.3, -0.25) is 0 Å². The highest BCUT2D eigenvalue weighted by Gasteiger charge is 2.29. The molecule has 6 nitrogen and oxygen atoms in total. The third-order valence-corrected chi connectivity index (χ3v) is 4.70. The molecule has 1 aliphatic rings. The van der Waals surface area contributed by atoms with Crippen molar-refractivity contribution in [1.82, 2.24) is 0 Å². The number of aromatic hydroxyl groups is 3. The van der Waals surface area contributed by atoms with Gasteiger partial charge >= 0.3 is 0 Å². The molecule has 1 aliphatic heterocycles. The summed E-state index contributed by atoms with van der Waals surface area (Å²) in [5.74, 6) is 0.441. The van der Waals surface area contributed by atoms with Gasteiger partial charge in [0.1, 0.15) is 0 Å². The maximum Gasteiger partial charge on any atom is 0.217 e. The van der Waals surface area contributed by atoms with Gasteiger partial charge in [0.2, 0.25) is 11.4 Å². The van der Waals surface area contributed by atoms with Gasteiger partial charge in [-0.2, -0.15) is 4.57 Å². The lowest BCUT2D eigenvalue weighted by atomic mass is 9.94. The standard InChI is InChI=1S/C19H17NO5/c1-24-18-12-9-20-6-5-10-3-4-14(21)17(23)16(10)13(20)7-11(12)8-15(22)19(18)25-2/h3-4,7-9H,5-6H2,1-2H3,(H2,21,22,23)/p+1. The molecule has 2 aromatic carbocycles. The van der Waals surface area contributed by atoms with Crippen LogP contribution in [0.15, 0.2) is 30.5 Å². The number of benzene rings is 2. The van der Waals surface area contributed by atoms with Gasteiger partial charge in [0.25, 0.3) is 0 Å². The van der Waals surface area contributed by atoms with Crippen LogP contribution in [0, 0.1) is 0 Å². The Bertz CT molecular complexity index is 1010. The topological polar surface area (TPSA) is 83.0 Å². The van der Waals surface area contributed by atoms with Crippen LogP contribution >= 0.6 is 0 Å². The van der Waals surface area contributed by atoms with Crippen LogP contribution in [-0.4, -0.2) is 29.5 Å². The number of nitrogens with zero attached hydrogens (tertiary/aromatic N) is 1. The van der Waals surface area contributed by atoms with E-state index in [1.54, 1.807) is 6.07 Å². The zero-order chi connectivity index (χ0) is 17.7. The zero-order valence-corrected chi connectivity index (χ0v) is 13.9. The van der Waals surface area contributed by atoms with E-state index in [4.69, 9.17) is 9.47 Å². The van der Waals surface area contributed by atoms with Crippen LogP contribution in [0.4, 0.5) is 0 Å². The van der Waals surface area contributed by atoms with Crippen LogP contribution in [0.2, 0.25) is 0 Å². The average Bonchev–Trinajstić information content (AvgIpc) is 2.61. The Labute approximate surface area is 144 Å². The molecule has 1 aromatic heterocycles. The maximum atomic E-state index is 10.3. The Kier molecular flexibility index (Phi) is 3.35. The van der Waals surface area contributed by atoms with Gasteiger partial charge in [-0.1, -0.05) is 6.07 Å². The number of aromatic nitrogens is 1. The van der Waals surface area contributed by atoms with Gasteiger partial charge in [0.05, 0.1) is 25.2 Å². The zero-order valence-electron chi connectivity index (χ0n) is 13.9. The molecule has 6 heteroatoms. The fraction of sp³-hybridized carbons (Fsp3) is 0.211. The van der Waals surface area contributed by atoms with Crippen LogP contribution in [0.25, 0.3) is 22.0 Å². The third-order valence-electron chi connectivity index (χ3n) is 4.70. The predicted octanol–water partition coefficient (Wildman–Crippen LogP) is 2.48. The van der Waals surface area contributed by atoms with E-state index in [-0.39, 0.29) is 23.0 Å². The summed E-state index contributed by atoms with van der Waals surface area (Å²) < 4.78 is 12.7. The predicted molar refractivity (Wildman–Crippen MR) is 91.4 cm³/mol. The summed E-state index contributed by atoms with van der Waals surface area (Å²) in [7, 11) is 3.01. The van der Waals surface area contributed by atoms with Crippen molar-refractivity contribution in [3.8, 4) is 40.0 Å². The van der Waals surface area contributed by atoms with Crippen molar-refractivity contribution in [2.45, 2.75) is 13.0 Å².